The maximum Gasteiger partial charge on any atom is 0.119 e. The molecule has 2 aromatic carbocycles. The van der Waals surface area contributed by atoms with Crippen LogP contribution in [-0.4, -0.2) is 24.9 Å². The Balaban J connectivity index is 1.60. The lowest BCUT2D eigenvalue weighted by Crippen LogP contribution is -2.21. The number of benzene rings is 2. The van der Waals surface area contributed by atoms with Crippen molar-refractivity contribution in [3.8, 4) is 5.75 Å². The van der Waals surface area contributed by atoms with Crippen molar-refractivity contribution in [2.45, 2.75) is 25.0 Å². The molecule has 3 N–H and O–H groups in total. The minimum Gasteiger partial charge on any atom is -0.493 e. The zero-order valence-corrected chi connectivity index (χ0v) is 15.9. The van der Waals surface area contributed by atoms with Crippen LogP contribution in [0.3, 0.4) is 0 Å². The molecule has 0 bridgehead atoms. The zero-order valence-electron chi connectivity index (χ0n) is 14.4. The predicted octanol–water partition coefficient (Wildman–Crippen LogP) is 4.53. The molecule has 1 aliphatic heterocycles. The second kappa shape index (κ2) is 9.07. The highest BCUT2D eigenvalue weighted by Crippen LogP contribution is 2.31. The van der Waals surface area contributed by atoms with E-state index in [1.807, 2.05) is 24.3 Å². The lowest BCUT2D eigenvalue weighted by molar-refractivity contribution is 0.0497. The van der Waals surface area contributed by atoms with Gasteiger partial charge in [0.2, 0.25) is 0 Å². The summed E-state index contributed by atoms with van der Waals surface area (Å²) in [5.41, 5.74) is 7.64. The maximum absolute atomic E-state index is 10.6. The highest BCUT2D eigenvalue weighted by Gasteiger charge is 2.20. The molecule has 0 aromatic heterocycles. The first-order valence-corrected chi connectivity index (χ1v) is 9.49. The standard InChI is InChI=1S/C20H23Cl2NO3/c21-17-6-3-15(11-18(17)22)19(23)20(24)14-1-4-16(5-2-14)26-12-13-7-9-25-10-8-13/h1-6,11,13,19-20,24H,7-10,12,23H2. The second-order valence-corrected chi connectivity index (χ2v) is 7.39. The van der Waals surface area contributed by atoms with E-state index in [9.17, 15) is 5.11 Å². The monoisotopic (exact) mass is 395 g/mol. The van der Waals surface area contributed by atoms with Crippen LogP contribution in [0, 0.1) is 5.92 Å². The van der Waals surface area contributed by atoms with E-state index >= 15 is 0 Å². The third-order valence-electron chi connectivity index (χ3n) is 4.72. The molecule has 140 valence electrons. The molecule has 1 heterocycles. The zero-order chi connectivity index (χ0) is 18.5. The molecule has 1 fully saturated rings. The summed E-state index contributed by atoms with van der Waals surface area (Å²) >= 11 is 12.0. The number of hydrogen-bond acceptors (Lipinski definition) is 4. The Labute approximate surface area is 163 Å². The van der Waals surface area contributed by atoms with Crippen LogP contribution in [0.1, 0.15) is 36.1 Å². The van der Waals surface area contributed by atoms with Crippen molar-refractivity contribution < 1.29 is 14.6 Å². The molecular formula is C20H23Cl2NO3. The molecule has 2 unspecified atom stereocenters. The van der Waals surface area contributed by atoms with Crippen LogP contribution in [0.25, 0.3) is 0 Å². The van der Waals surface area contributed by atoms with Crippen molar-refractivity contribution in [3.05, 3.63) is 63.6 Å². The van der Waals surface area contributed by atoms with Gasteiger partial charge in [-0.25, -0.2) is 0 Å². The highest BCUT2D eigenvalue weighted by atomic mass is 35.5. The van der Waals surface area contributed by atoms with Crippen LogP contribution in [0.5, 0.6) is 5.75 Å². The Morgan fingerprint density at radius 3 is 2.35 bits per heavy atom. The van der Waals surface area contributed by atoms with Gasteiger partial charge < -0.3 is 20.3 Å². The van der Waals surface area contributed by atoms with Gasteiger partial charge in [-0.2, -0.15) is 0 Å². The second-order valence-electron chi connectivity index (χ2n) is 6.58. The fourth-order valence-corrected chi connectivity index (χ4v) is 3.30. The molecule has 26 heavy (non-hydrogen) atoms. The van der Waals surface area contributed by atoms with Gasteiger partial charge in [-0.05, 0) is 54.2 Å². The molecule has 0 amide bonds. The minimum absolute atomic E-state index is 0.420. The molecule has 2 aromatic rings. The number of hydrogen-bond donors (Lipinski definition) is 2. The first-order chi connectivity index (χ1) is 12.5. The average Bonchev–Trinajstić information content (AvgIpc) is 2.68. The molecule has 6 heteroatoms. The van der Waals surface area contributed by atoms with Gasteiger partial charge in [-0.3, -0.25) is 0 Å². The molecule has 0 saturated carbocycles. The van der Waals surface area contributed by atoms with Gasteiger partial charge in [0.1, 0.15) is 5.75 Å². The van der Waals surface area contributed by atoms with Crippen molar-refractivity contribution in [2.75, 3.05) is 19.8 Å². The fraction of sp³-hybridized carbons (Fsp3) is 0.400. The van der Waals surface area contributed by atoms with E-state index in [0.29, 0.717) is 22.6 Å². The van der Waals surface area contributed by atoms with Crippen LogP contribution in [0.2, 0.25) is 10.0 Å². The number of aliphatic hydroxyl groups excluding tert-OH is 1. The van der Waals surface area contributed by atoms with Gasteiger partial charge in [0.15, 0.2) is 0 Å². The Kier molecular flexibility index (Phi) is 6.79. The first kappa shape index (κ1) is 19.5. The predicted molar refractivity (Wildman–Crippen MR) is 104 cm³/mol. The highest BCUT2D eigenvalue weighted by molar-refractivity contribution is 6.42. The van der Waals surface area contributed by atoms with Crippen LogP contribution in [-0.2, 0) is 4.74 Å². The number of aliphatic hydroxyl groups is 1. The Morgan fingerprint density at radius 1 is 1.04 bits per heavy atom. The normalized spacial score (nSPS) is 17.7. The Hall–Kier alpha value is -1.30. The quantitative estimate of drug-likeness (QED) is 0.753. The largest absolute Gasteiger partial charge is 0.493 e. The third kappa shape index (κ3) is 4.90. The summed E-state index contributed by atoms with van der Waals surface area (Å²) in [4.78, 5) is 0. The van der Waals surface area contributed by atoms with Gasteiger partial charge in [0.05, 0.1) is 28.8 Å². The molecule has 1 saturated heterocycles. The first-order valence-electron chi connectivity index (χ1n) is 8.73. The summed E-state index contributed by atoms with van der Waals surface area (Å²) in [6, 6.07) is 11.9. The van der Waals surface area contributed by atoms with Crippen LogP contribution < -0.4 is 10.5 Å². The van der Waals surface area contributed by atoms with E-state index in [2.05, 4.69) is 0 Å². The maximum atomic E-state index is 10.6. The van der Waals surface area contributed by atoms with Crippen molar-refractivity contribution in [3.63, 3.8) is 0 Å². The lowest BCUT2D eigenvalue weighted by Gasteiger charge is -2.22. The SMILES string of the molecule is NC(c1ccc(Cl)c(Cl)c1)C(O)c1ccc(OCC2CCOCC2)cc1. The molecular weight excluding hydrogens is 373 g/mol. The van der Waals surface area contributed by atoms with Gasteiger partial charge in [-0.1, -0.05) is 41.4 Å². The topological polar surface area (TPSA) is 64.7 Å². The summed E-state index contributed by atoms with van der Waals surface area (Å²) in [7, 11) is 0. The average molecular weight is 396 g/mol. The molecule has 0 spiro atoms. The summed E-state index contributed by atoms with van der Waals surface area (Å²) in [5.74, 6) is 1.33. The van der Waals surface area contributed by atoms with Crippen LogP contribution >= 0.6 is 23.2 Å². The fourth-order valence-electron chi connectivity index (χ4n) is 3.00. The molecule has 0 aliphatic carbocycles. The van der Waals surface area contributed by atoms with E-state index in [1.54, 1.807) is 18.2 Å². The number of ether oxygens (including phenoxy) is 2. The molecule has 0 radical (unpaired) electrons. The summed E-state index contributed by atoms with van der Waals surface area (Å²) in [5, 5.41) is 11.5. The number of halogens is 2. The molecule has 2 atom stereocenters. The van der Waals surface area contributed by atoms with E-state index in [-0.39, 0.29) is 0 Å². The van der Waals surface area contributed by atoms with E-state index in [0.717, 1.165) is 42.9 Å². The summed E-state index contributed by atoms with van der Waals surface area (Å²) in [6.07, 6.45) is 1.22. The van der Waals surface area contributed by atoms with E-state index in [1.165, 1.54) is 0 Å². The van der Waals surface area contributed by atoms with Crippen molar-refractivity contribution in [2.24, 2.45) is 11.7 Å². The molecule has 3 rings (SSSR count). The lowest BCUT2D eigenvalue weighted by atomic mass is 9.96. The summed E-state index contributed by atoms with van der Waals surface area (Å²) in [6.45, 7) is 2.31. The van der Waals surface area contributed by atoms with E-state index in [4.69, 9.17) is 38.4 Å². The van der Waals surface area contributed by atoms with Crippen LogP contribution in [0.15, 0.2) is 42.5 Å². The summed E-state index contributed by atoms with van der Waals surface area (Å²) < 4.78 is 11.2. The van der Waals surface area contributed by atoms with Gasteiger partial charge in [-0.15, -0.1) is 0 Å². The van der Waals surface area contributed by atoms with Crippen LogP contribution in [0.4, 0.5) is 0 Å². The van der Waals surface area contributed by atoms with Crippen molar-refractivity contribution in [1.82, 2.24) is 0 Å². The van der Waals surface area contributed by atoms with Gasteiger partial charge in [0, 0.05) is 13.2 Å². The minimum atomic E-state index is -0.850. The molecule has 1 aliphatic rings. The van der Waals surface area contributed by atoms with Gasteiger partial charge >= 0.3 is 0 Å². The Morgan fingerprint density at radius 2 is 1.69 bits per heavy atom. The Bertz CT molecular complexity index is 717. The van der Waals surface area contributed by atoms with Crippen molar-refractivity contribution >= 4 is 23.2 Å². The third-order valence-corrected chi connectivity index (χ3v) is 5.46. The molecule has 4 nitrogen and oxygen atoms in total. The smallest absolute Gasteiger partial charge is 0.119 e. The van der Waals surface area contributed by atoms with Gasteiger partial charge in [0.25, 0.3) is 0 Å². The van der Waals surface area contributed by atoms with Crippen molar-refractivity contribution in [1.29, 1.82) is 0 Å². The number of nitrogens with two attached hydrogens (primary N) is 1. The number of rotatable bonds is 6. The van der Waals surface area contributed by atoms with E-state index < -0.39 is 12.1 Å².